The molecule has 0 aromatic carbocycles. The molecule has 2 amide bonds. The molecule has 12 heteroatoms. The van der Waals surface area contributed by atoms with Crippen LogP contribution in [0.25, 0.3) is 0 Å². The first-order valence-corrected chi connectivity index (χ1v) is 15.3. The van der Waals surface area contributed by atoms with E-state index in [-0.39, 0.29) is 18.4 Å². The van der Waals surface area contributed by atoms with E-state index in [1.54, 1.807) is 18.3 Å². The van der Waals surface area contributed by atoms with Gasteiger partial charge in [0.05, 0.1) is 18.4 Å². The van der Waals surface area contributed by atoms with Gasteiger partial charge >= 0.3 is 0 Å². The van der Waals surface area contributed by atoms with Gasteiger partial charge in [0.1, 0.15) is 0 Å². The molecule has 4 bridgehead atoms. The molecule has 11 nitrogen and oxygen atoms in total. The van der Waals surface area contributed by atoms with Crippen molar-refractivity contribution in [1.82, 2.24) is 15.6 Å². The van der Waals surface area contributed by atoms with E-state index in [1.165, 1.54) is 38.3 Å². The second kappa shape index (κ2) is 10.8. The van der Waals surface area contributed by atoms with Gasteiger partial charge in [-0.15, -0.1) is 0 Å². The molecule has 0 radical (unpaired) electrons. The van der Waals surface area contributed by atoms with Gasteiger partial charge in [0, 0.05) is 43.6 Å². The highest BCUT2D eigenvalue weighted by atomic mass is 32.2. The molecule has 0 unspecified atom stereocenters. The van der Waals surface area contributed by atoms with Crippen molar-refractivity contribution in [2.75, 3.05) is 19.3 Å². The first-order chi connectivity index (χ1) is 18.0. The highest BCUT2D eigenvalue weighted by Crippen LogP contribution is 2.63. The molecule has 1 aromatic heterocycles. The second-order valence-corrected chi connectivity index (χ2v) is 13.1. The minimum absolute atomic E-state index is 0.0439. The summed E-state index contributed by atoms with van der Waals surface area (Å²) in [4.78, 5) is 40.3. The standard InChI is InChI=1S/C25H33N3O5.CH4O3S/c29-22(15-28-23(30)19-2-1-7-26-14-19)27-13-16-3-5-24(6-4-16)31-25(33-32-24)20-9-17-8-18(11-20)12-21(25)10-17;1-5(2,3)4/h1-2,7,14,16-18,20-21H,3-6,8-13,15H2,(H,27,29)(H,28,30);1H3,(H,2,3,4). The van der Waals surface area contributed by atoms with Crippen LogP contribution in [0.15, 0.2) is 24.5 Å². The van der Waals surface area contributed by atoms with Crippen LogP contribution < -0.4 is 10.6 Å². The minimum atomic E-state index is -3.67. The first-order valence-electron chi connectivity index (χ1n) is 13.5. The van der Waals surface area contributed by atoms with Crippen LogP contribution in [0.4, 0.5) is 0 Å². The number of pyridine rings is 1. The van der Waals surface area contributed by atoms with Crippen LogP contribution in [-0.4, -0.2) is 60.7 Å². The molecule has 7 rings (SSSR count). The number of carbonyl (C=O) groups is 2. The lowest BCUT2D eigenvalue weighted by Gasteiger charge is -2.57. The number of nitrogens with one attached hydrogen (secondary N) is 2. The molecule has 5 saturated carbocycles. The van der Waals surface area contributed by atoms with Crippen molar-refractivity contribution in [2.45, 2.75) is 69.4 Å². The summed E-state index contributed by atoms with van der Waals surface area (Å²) in [5.41, 5.74) is 0.443. The van der Waals surface area contributed by atoms with E-state index in [9.17, 15) is 18.0 Å². The lowest BCUT2D eigenvalue weighted by atomic mass is 9.53. The van der Waals surface area contributed by atoms with Crippen LogP contribution in [0.3, 0.4) is 0 Å². The van der Waals surface area contributed by atoms with Crippen molar-refractivity contribution in [3.63, 3.8) is 0 Å². The minimum Gasteiger partial charge on any atom is -0.354 e. The van der Waals surface area contributed by atoms with Crippen LogP contribution in [0.2, 0.25) is 0 Å². The van der Waals surface area contributed by atoms with E-state index < -0.39 is 21.7 Å². The summed E-state index contributed by atoms with van der Waals surface area (Å²) in [6, 6.07) is 3.36. The largest absolute Gasteiger partial charge is 0.354 e. The van der Waals surface area contributed by atoms with E-state index in [0.29, 0.717) is 36.1 Å². The van der Waals surface area contributed by atoms with Crippen LogP contribution in [0.5, 0.6) is 0 Å². The zero-order chi connectivity index (χ0) is 27.0. The van der Waals surface area contributed by atoms with Gasteiger partial charge in [0.15, 0.2) is 0 Å². The van der Waals surface area contributed by atoms with Gasteiger partial charge in [-0.1, -0.05) is 0 Å². The summed E-state index contributed by atoms with van der Waals surface area (Å²) < 4.78 is 32.6. The number of aromatic nitrogens is 1. The summed E-state index contributed by atoms with van der Waals surface area (Å²) in [5, 5.41) is 5.59. The van der Waals surface area contributed by atoms with Gasteiger partial charge in [0.2, 0.25) is 17.5 Å². The Balaban J connectivity index is 0.000000540. The topological polar surface area (TPSA) is 153 Å². The quantitative estimate of drug-likeness (QED) is 0.370. The lowest BCUT2D eigenvalue weighted by Crippen LogP contribution is -2.59. The number of carbonyl (C=O) groups excluding carboxylic acids is 2. The van der Waals surface area contributed by atoms with E-state index in [4.69, 9.17) is 19.1 Å². The Kier molecular flexibility index (Phi) is 7.80. The fourth-order valence-electron chi connectivity index (χ4n) is 7.20. The summed E-state index contributed by atoms with van der Waals surface area (Å²) in [6.07, 6.45) is 13.5. The number of nitrogens with zero attached hydrogens (tertiary/aromatic N) is 1. The Morgan fingerprint density at radius 2 is 1.68 bits per heavy atom. The highest BCUT2D eigenvalue weighted by Gasteiger charge is 2.66. The predicted molar refractivity (Wildman–Crippen MR) is 135 cm³/mol. The lowest BCUT2D eigenvalue weighted by molar-refractivity contribution is -0.390. The molecule has 1 saturated heterocycles. The van der Waals surface area contributed by atoms with Gasteiger partial charge < -0.3 is 15.4 Å². The van der Waals surface area contributed by atoms with Gasteiger partial charge in [-0.05, 0) is 74.8 Å². The molecule has 1 aliphatic heterocycles. The first kappa shape index (κ1) is 27.4. The number of ether oxygens (including phenoxy) is 1. The fraction of sp³-hybridized carbons (Fsp3) is 0.731. The Bertz CT molecular complexity index is 1080. The van der Waals surface area contributed by atoms with Crippen molar-refractivity contribution in [2.24, 2.45) is 29.6 Å². The van der Waals surface area contributed by atoms with Gasteiger partial charge in [-0.25, -0.2) is 0 Å². The molecule has 38 heavy (non-hydrogen) atoms. The van der Waals surface area contributed by atoms with Crippen molar-refractivity contribution < 1.29 is 37.1 Å². The molecule has 2 spiro atoms. The maximum atomic E-state index is 12.2. The molecule has 6 fully saturated rings. The van der Waals surface area contributed by atoms with Crippen molar-refractivity contribution >= 4 is 21.9 Å². The molecule has 2 heterocycles. The zero-order valence-electron chi connectivity index (χ0n) is 21.6. The summed E-state index contributed by atoms with van der Waals surface area (Å²) in [6.45, 7) is 0.552. The maximum absolute atomic E-state index is 12.2. The van der Waals surface area contributed by atoms with Crippen LogP contribution in [0.1, 0.15) is 68.1 Å². The molecule has 210 valence electrons. The van der Waals surface area contributed by atoms with E-state index >= 15 is 0 Å². The van der Waals surface area contributed by atoms with E-state index in [0.717, 1.165) is 37.5 Å². The van der Waals surface area contributed by atoms with Crippen molar-refractivity contribution in [3.8, 4) is 0 Å². The molecule has 5 aliphatic carbocycles. The van der Waals surface area contributed by atoms with Crippen LogP contribution >= 0.6 is 0 Å². The van der Waals surface area contributed by atoms with Gasteiger partial charge in [0.25, 0.3) is 16.0 Å². The fourth-order valence-corrected chi connectivity index (χ4v) is 7.20. The normalized spacial score (nSPS) is 37.1. The van der Waals surface area contributed by atoms with Crippen LogP contribution in [-0.2, 0) is 29.4 Å². The van der Waals surface area contributed by atoms with Gasteiger partial charge in [-0.2, -0.15) is 18.2 Å². The van der Waals surface area contributed by atoms with E-state index in [2.05, 4.69) is 15.6 Å². The Hall–Kier alpha value is -2.12. The van der Waals surface area contributed by atoms with Crippen LogP contribution in [0, 0.1) is 29.6 Å². The third kappa shape index (κ3) is 6.20. The monoisotopic (exact) mass is 551 g/mol. The molecular formula is C26H37N3O8S. The average molecular weight is 552 g/mol. The third-order valence-corrected chi connectivity index (χ3v) is 8.73. The van der Waals surface area contributed by atoms with Gasteiger partial charge in [-0.3, -0.25) is 19.1 Å². The highest BCUT2D eigenvalue weighted by molar-refractivity contribution is 7.85. The molecule has 3 N–H and O–H groups in total. The molecule has 6 aliphatic rings. The molecule has 1 aromatic rings. The third-order valence-electron chi connectivity index (χ3n) is 8.73. The molecule has 0 atom stereocenters. The predicted octanol–water partition coefficient (Wildman–Crippen LogP) is 2.45. The SMILES string of the molecule is CS(=O)(=O)O.O=C(CNC(=O)c1cccnc1)NCC1CCC2(CC1)OOC1(O2)C2CC3CC(C2)CC1C3. The zero-order valence-corrected chi connectivity index (χ0v) is 22.5. The Morgan fingerprint density at radius 1 is 1.05 bits per heavy atom. The summed E-state index contributed by atoms with van der Waals surface area (Å²) >= 11 is 0. The number of hydrogen-bond acceptors (Lipinski definition) is 8. The number of rotatable bonds is 5. The number of amides is 2. The molecular weight excluding hydrogens is 514 g/mol. The Labute approximate surface area is 223 Å². The summed E-state index contributed by atoms with van der Waals surface area (Å²) in [7, 11) is -3.67. The summed E-state index contributed by atoms with van der Waals surface area (Å²) in [5.74, 6) is 1.43. The van der Waals surface area contributed by atoms with E-state index in [1.807, 2.05) is 0 Å². The second-order valence-electron chi connectivity index (χ2n) is 11.6. The van der Waals surface area contributed by atoms with Crippen molar-refractivity contribution in [3.05, 3.63) is 30.1 Å². The smallest absolute Gasteiger partial charge is 0.261 e. The average Bonchev–Trinajstić information content (AvgIpc) is 3.24. The maximum Gasteiger partial charge on any atom is 0.261 e. The number of hydrogen-bond donors (Lipinski definition) is 3. The van der Waals surface area contributed by atoms with Crippen molar-refractivity contribution in [1.29, 1.82) is 0 Å². The Morgan fingerprint density at radius 3 is 2.26 bits per heavy atom.